The molecule has 1 aliphatic heterocycles. The first-order valence-electron chi connectivity index (χ1n) is 13.4. The Labute approximate surface area is 251 Å². The number of fused-ring (bicyclic) bond motifs is 2. The highest BCUT2D eigenvalue weighted by molar-refractivity contribution is 7.99. The molecule has 2 aromatic heterocycles. The number of hydrogen-bond acceptors (Lipinski definition) is 8. The van der Waals surface area contributed by atoms with Crippen molar-refractivity contribution in [1.82, 2.24) is 14.6 Å². The van der Waals surface area contributed by atoms with Gasteiger partial charge in [0.05, 0.1) is 31.9 Å². The third kappa shape index (κ3) is 5.06. The largest absolute Gasteiger partial charge is 0.455 e. The van der Waals surface area contributed by atoms with Crippen LogP contribution < -0.4 is 9.62 Å². The molecule has 0 unspecified atom stereocenters. The second-order valence-electron chi connectivity index (χ2n) is 10.2. The summed E-state index contributed by atoms with van der Waals surface area (Å²) in [5.41, 5.74) is 5.77. The van der Waals surface area contributed by atoms with Gasteiger partial charge in [-0.25, -0.2) is 17.8 Å². The molecule has 1 N–H and O–H groups in total. The summed E-state index contributed by atoms with van der Waals surface area (Å²) in [4.78, 5) is 17.7. The van der Waals surface area contributed by atoms with Gasteiger partial charge in [-0.15, -0.1) is 11.3 Å². The third-order valence-electron chi connectivity index (χ3n) is 7.78. The Morgan fingerprint density at radius 3 is 2.71 bits per heavy atom. The predicted octanol–water partition coefficient (Wildman–Crippen LogP) is 6.49. The van der Waals surface area contributed by atoms with Crippen LogP contribution in [0.3, 0.4) is 0 Å². The minimum absolute atomic E-state index is 0.114. The Morgan fingerprint density at radius 1 is 1.19 bits per heavy atom. The number of carbonyl (C=O) groups is 1. The molecular formula is C30H29FN4O4S3. The van der Waals surface area contributed by atoms with Crippen LogP contribution in [0.2, 0.25) is 0 Å². The first kappa shape index (κ1) is 28.7. The number of thiazole rings is 1. The molecule has 42 heavy (non-hydrogen) atoms. The number of aromatic nitrogens is 1. The highest BCUT2D eigenvalue weighted by Gasteiger charge is 2.34. The highest BCUT2D eigenvalue weighted by Crippen LogP contribution is 2.43. The fourth-order valence-corrected chi connectivity index (χ4v) is 8.26. The van der Waals surface area contributed by atoms with Crippen LogP contribution in [-0.2, 0) is 10.0 Å². The highest BCUT2D eigenvalue weighted by atomic mass is 32.2. The summed E-state index contributed by atoms with van der Waals surface area (Å²) in [6.45, 7) is 0.737. The van der Waals surface area contributed by atoms with E-state index in [9.17, 15) is 17.6 Å². The summed E-state index contributed by atoms with van der Waals surface area (Å²) < 4.78 is 51.9. The van der Waals surface area contributed by atoms with E-state index in [2.05, 4.69) is 10.3 Å². The van der Waals surface area contributed by atoms with Crippen LogP contribution in [0, 0.1) is 5.82 Å². The van der Waals surface area contributed by atoms with E-state index in [0.717, 1.165) is 27.9 Å². The normalized spacial score (nSPS) is 16.2. The Hall–Kier alpha value is -3.45. The molecule has 1 aliphatic rings. The zero-order chi connectivity index (χ0) is 29.6. The van der Waals surface area contributed by atoms with Crippen molar-refractivity contribution in [3.8, 4) is 11.3 Å². The van der Waals surface area contributed by atoms with Gasteiger partial charge in [-0.1, -0.05) is 11.9 Å². The topological polar surface area (TPSA) is 95.8 Å². The summed E-state index contributed by atoms with van der Waals surface area (Å²) >= 11 is 2.94. The lowest BCUT2D eigenvalue weighted by atomic mass is 9.89. The summed E-state index contributed by atoms with van der Waals surface area (Å²) in [6, 6.07) is 14.8. The number of nitrogens with zero attached hydrogens (tertiary/aromatic N) is 3. The molecule has 5 aromatic rings. The molecule has 1 fully saturated rings. The summed E-state index contributed by atoms with van der Waals surface area (Å²) in [7, 11) is -0.234. The molecule has 8 nitrogen and oxygen atoms in total. The Kier molecular flexibility index (Phi) is 7.73. The van der Waals surface area contributed by atoms with Gasteiger partial charge in [-0.2, -0.15) is 4.31 Å². The molecule has 0 radical (unpaired) electrons. The van der Waals surface area contributed by atoms with Crippen LogP contribution in [0.4, 0.5) is 10.1 Å². The van der Waals surface area contributed by atoms with Crippen molar-refractivity contribution < 1.29 is 22.0 Å². The quantitative estimate of drug-likeness (QED) is 0.207. The number of rotatable bonds is 7. The van der Waals surface area contributed by atoms with E-state index in [1.54, 1.807) is 47.2 Å². The van der Waals surface area contributed by atoms with Crippen molar-refractivity contribution in [2.75, 3.05) is 37.7 Å². The number of hydrogen-bond donors (Lipinski definition) is 1. The van der Waals surface area contributed by atoms with Gasteiger partial charge in [-0.05, 0) is 72.9 Å². The lowest BCUT2D eigenvalue weighted by Crippen LogP contribution is -2.39. The van der Waals surface area contributed by atoms with E-state index < -0.39 is 10.0 Å². The summed E-state index contributed by atoms with van der Waals surface area (Å²) in [6.07, 6.45) is 3.45. The van der Waals surface area contributed by atoms with Crippen molar-refractivity contribution in [3.05, 3.63) is 77.1 Å². The molecule has 0 aliphatic carbocycles. The number of nitrogens with one attached hydrogen (secondary N) is 1. The molecule has 1 atom stereocenters. The van der Waals surface area contributed by atoms with E-state index in [1.807, 2.05) is 29.7 Å². The second kappa shape index (κ2) is 11.3. The van der Waals surface area contributed by atoms with Crippen LogP contribution in [0.15, 0.2) is 69.4 Å². The summed E-state index contributed by atoms with van der Waals surface area (Å²) in [5, 5.41) is 3.33. The lowest BCUT2D eigenvalue weighted by Gasteiger charge is -2.34. The Balaban J connectivity index is 1.45. The zero-order valence-electron chi connectivity index (χ0n) is 23.3. The molecule has 0 spiro atoms. The number of sulfonamides is 1. The van der Waals surface area contributed by atoms with Crippen LogP contribution in [0.5, 0.6) is 0 Å². The van der Waals surface area contributed by atoms with Gasteiger partial charge in [0.25, 0.3) is 5.91 Å². The number of halogens is 1. The van der Waals surface area contributed by atoms with Gasteiger partial charge in [0.1, 0.15) is 17.2 Å². The monoisotopic (exact) mass is 624 g/mol. The van der Waals surface area contributed by atoms with Crippen LogP contribution in [0.25, 0.3) is 32.5 Å². The third-order valence-corrected chi connectivity index (χ3v) is 11.2. The number of carbonyl (C=O) groups excluding carboxylic acids is 1. The maximum absolute atomic E-state index is 13.8. The number of anilines is 1. The van der Waals surface area contributed by atoms with Gasteiger partial charge in [-0.3, -0.25) is 4.79 Å². The van der Waals surface area contributed by atoms with Crippen LogP contribution in [-0.4, -0.2) is 57.1 Å². The molecule has 218 valence electrons. The standard InChI is InChI=1S/C30H29FN4O4S3/c1-32-30(36)28-23-14-22(25(34(2)40-3)15-26(23)39-29(28)18-6-8-20(31)9-7-18)19-5-4-12-35(16-19)42(37,38)21-10-11-24-27(13-21)41-17-33-24/h6-11,13-15,17,19H,4-5,12,16H2,1-3H3,(H,32,36)/t19-/m1/s1. The molecule has 0 bridgehead atoms. The molecular weight excluding hydrogens is 596 g/mol. The zero-order valence-corrected chi connectivity index (χ0v) is 25.7. The summed E-state index contributed by atoms with van der Waals surface area (Å²) in [5.74, 6) is -0.468. The lowest BCUT2D eigenvalue weighted by molar-refractivity contribution is 0.0964. The molecule has 12 heteroatoms. The van der Waals surface area contributed by atoms with Gasteiger partial charge in [0, 0.05) is 50.5 Å². The average Bonchev–Trinajstić information content (AvgIpc) is 3.64. The van der Waals surface area contributed by atoms with Crippen LogP contribution >= 0.6 is 23.3 Å². The average molecular weight is 625 g/mol. The SMILES string of the molecule is CNC(=O)c1c(-c2ccc(F)cc2)oc2cc(N(C)SC)c([C@@H]3CCCN(S(=O)(=O)c4ccc5ncsc5c4)C3)cc12. The van der Waals surface area contributed by atoms with E-state index >= 15 is 0 Å². The van der Waals surface area contributed by atoms with E-state index in [-0.39, 0.29) is 22.5 Å². The van der Waals surface area contributed by atoms with Crippen molar-refractivity contribution in [2.24, 2.45) is 0 Å². The van der Waals surface area contributed by atoms with Crippen molar-refractivity contribution >= 4 is 66.1 Å². The predicted molar refractivity (Wildman–Crippen MR) is 167 cm³/mol. The number of benzene rings is 3. The molecule has 3 heterocycles. The van der Waals surface area contributed by atoms with Crippen molar-refractivity contribution in [1.29, 1.82) is 0 Å². The molecule has 0 saturated carbocycles. The maximum Gasteiger partial charge on any atom is 0.255 e. The van der Waals surface area contributed by atoms with Gasteiger partial charge >= 0.3 is 0 Å². The fourth-order valence-electron chi connectivity index (χ4n) is 5.56. The van der Waals surface area contributed by atoms with Gasteiger partial charge in [0.15, 0.2) is 0 Å². The first-order chi connectivity index (χ1) is 20.2. The molecule has 1 amide bonds. The minimum Gasteiger partial charge on any atom is -0.455 e. The number of amides is 1. The number of furan rings is 1. The Bertz CT molecular complexity index is 1900. The second-order valence-corrected chi connectivity index (χ2v) is 13.9. The fraction of sp³-hybridized carbons (Fsp3) is 0.267. The first-order valence-corrected chi connectivity index (χ1v) is 16.9. The number of piperidine rings is 1. The van der Waals surface area contributed by atoms with E-state index in [0.29, 0.717) is 47.4 Å². The van der Waals surface area contributed by atoms with Crippen molar-refractivity contribution in [3.63, 3.8) is 0 Å². The maximum atomic E-state index is 13.8. The molecule has 6 rings (SSSR count). The molecule has 3 aromatic carbocycles. The molecule has 1 saturated heterocycles. The van der Waals surface area contributed by atoms with Crippen LogP contribution in [0.1, 0.15) is 34.7 Å². The van der Waals surface area contributed by atoms with Gasteiger partial charge < -0.3 is 14.0 Å². The minimum atomic E-state index is -3.73. The van der Waals surface area contributed by atoms with E-state index in [4.69, 9.17) is 4.42 Å². The van der Waals surface area contributed by atoms with Crippen molar-refractivity contribution in [2.45, 2.75) is 23.7 Å². The van der Waals surface area contributed by atoms with E-state index in [1.165, 1.54) is 35.4 Å². The van der Waals surface area contributed by atoms with Gasteiger partial charge in [0.2, 0.25) is 10.0 Å². The Morgan fingerprint density at radius 2 is 1.98 bits per heavy atom. The smallest absolute Gasteiger partial charge is 0.255 e.